The normalized spacial score (nSPS) is 17.6. The number of nitrogens with one attached hydrogen (secondary N) is 1. The average molecular weight is 355 g/mol. The van der Waals surface area contributed by atoms with Crippen LogP contribution in [0.5, 0.6) is 0 Å². The zero-order chi connectivity index (χ0) is 17.9. The Hall–Kier alpha value is -3.04. The number of hydrogen-bond donors (Lipinski definition) is 1. The number of tetrazole rings is 1. The minimum Gasteiger partial charge on any atom is -0.335 e. The number of rotatable bonds is 5. The predicted molar refractivity (Wildman–Crippen MR) is 91.6 cm³/mol. The lowest BCUT2D eigenvalue weighted by atomic mass is 9.98. The van der Waals surface area contributed by atoms with Crippen LogP contribution in [0.1, 0.15) is 41.9 Å². The van der Waals surface area contributed by atoms with Gasteiger partial charge in [-0.05, 0) is 43.0 Å². The summed E-state index contributed by atoms with van der Waals surface area (Å²) in [6.07, 6.45) is 10.9. The van der Waals surface area contributed by atoms with Crippen molar-refractivity contribution in [2.24, 2.45) is 0 Å². The second-order valence-electron chi connectivity index (χ2n) is 6.49. The van der Waals surface area contributed by atoms with Crippen molar-refractivity contribution in [3.05, 3.63) is 36.3 Å². The number of nitrogens with zero attached hydrogens (tertiary/aromatic N) is 8. The number of H-pyrrole nitrogens is 1. The summed E-state index contributed by atoms with van der Waals surface area (Å²) in [5, 5.41) is 17.9. The maximum atomic E-state index is 13.2. The SMILES string of the molecule is Cc1nccn1CC[C@@H]1CCCCN1C(=O)c1cn[nH]c1-n1cnnn1. The number of aromatic amines is 1. The van der Waals surface area contributed by atoms with E-state index >= 15 is 0 Å². The molecule has 1 amide bonds. The van der Waals surface area contributed by atoms with E-state index in [0.717, 1.165) is 44.6 Å². The van der Waals surface area contributed by atoms with Crippen LogP contribution in [0.15, 0.2) is 24.9 Å². The molecule has 4 rings (SSSR count). The number of carbonyl (C=O) groups excluding carboxylic acids is 1. The summed E-state index contributed by atoms with van der Waals surface area (Å²) in [5.41, 5.74) is 0.489. The first-order valence-corrected chi connectivity index (χ1v) is 8.79. The number of aromatic nitrogens is 8. The van der Waals surface area contributed by atoms with Crippen LogP contribution in [0.4, 0.5) is 0 Å². The molecular weight excluding hydrogens is 334 g/mol. The molecule has 1 saturated heterocycles. The van der Waals surface area contributed by atoms with E-state index in [1.165, 1.54) is 11.0 Å². The third-order valence-corrected chi connectivity index (χ3v) is 4.94. The minimum absolute atomic E-state index is 0.0312. The number of hydrogen-bond acceptors (Lipinski definition) is 6. The second kappa shape index (κ2) is 7.06. The Morgan fingerprint density at radius 1 is 1.38 bits per heavy atom. The summed E-state index contributed by atoms with van der Waals surface area (Å²) in [6, 6.07) is 0.203. The van der Waals surface area contributed by atoms with Crippen molar-refractivity contribution in [1.82, 2.24) is 44.9 Å². The maximum absolute atomic E-state index is 13.2. The van der Waals surface area contributed by atoms with Crippen molar-refractivity contribution in [2.45, 2.75) is 45.2 Å². The Bertz CT molecular complexity index is 866. The highest BCUT2D eigenvalue weighted by molar-refractivity contribution is 5.97. The summed E-state index contributed by atoms with van der Waals surface area (Å²) >= 11 is 0. The first kappa shape index (κ1) is 16.4. The van der Waals surface area contributed by atoms with E-state index in [2.05, 4.69) is 35.3 Å². The van der Waals surface area contributed by atoms with Gasteiger partial charge >= 0.3 is 0 Å². The van der Waals surface area contributed by atoms with Gasteiger partial charge in [0, 0.05) is 31.5 Å². The molecular formula is C16H21N9O. The predicted octanol–water partition coefficient (Wildman–Crippen LogP) is 0.975. The molecule has 136 valence electrons. The Morgan fingerprint density at radius 2 is 2.31 bits per heavy atom. The fourth-order valence-electron chi connectivity index (χ4n) is 3.53. The molecule has 10 nitrogen and oxygen atoms in total. The van der Waals surface area contributed by atoms with E-state index < -0.39 is 0 Å². The number of amides is 1. The van der Waals surface area contributed by atoms with Gasteiger partial charge in [-0.3, -0.25) is 9.89 Å². The molecule has 4 heterocycles. The number of piperidine rings is 1. The summed E-state index contributed by atoms with van der Waals surface area (Å²) in [5.74, 6) is 1.46. The van der Waals surface area contributed by atoms with E-state index in [1.54, 1.807) is 6.20 Å². The molecule has 26 heavy (non-hydrogen) atoms. The molecule has 1 atom stereocenters. The fraction of sp³-hybridized carbons (Fsp3) is 0.500. The van der Waals surface area contributed by atoms with E-state index in [9.17, 15) is 4.79 Å². The molecule has 0 spiro atoms. The molecule has 3 aromatic heterocycles. The molecule has 1 aliphatic heterocycles. The third-order valence-electron chi connectivity index (χ3n) is 4.94. The van der Waals surface area contributed by atoms with Gasteiger partial charge in [0.15, 0.2) is 5.82 Å². The highest BCUT2D eigenvalue weighted by atomic mass is 16.2. The molecule has 0 bridgehead atoms. The highest BCUT2D eigenvalue weighted by Gasteiger charge is 2.30. The summed E-state index contributed by atoms with van der Waals surface area (Å²) < 4.78 is 3.55. The quantitative estimate of drug-likeness (QED) is 0.730. The van der Waals surface area contributed by atoms with Crippen LogP contribution < -0.4 is 0 Å². The topological polar surface area (TPSA) is 110 Å². The lowest BCUT2D eigenvalue weighted by Crippen LogP contribution is -2.44. The van der Waals surface area contributed by atoms with Crippen LogP contribution in [-0.4, -0.2) is 63.3 Å². The van der Waals surface area contributed by atoms with Gasteiger partial charge in [-0.1, -0.05) is 0 Å². The standard InChI is InChI=1S/C16H21N9O/c1-12-17-6-9-23(12)8-5-13-4-2-3-7-24(13)16(26)14-10-18-20-15(14)25-11-19-21-22-25/h6,9-11,13H,2-5,7-8H2,1H3,(H,18,20)/t13-/m0/s1. The zero-order valence-electron chi connectivity index (χ0n) is 14.6. The molecule has 0 unspecified atom stereocenters. The summed E-state index contributed by atoms with van der Waals surface area (Å²) in [4.78, 5) is 19.4. The maximum Gasteiger partial charge on any atom is 0.259 e. The van der Waals surface area contributed by atoms with Crippen LogP contribution in [0.25, 0.3) is 5.82 Å². The second-order valence-corrected chi connectivity index (χ2v) is 6.49. The molecule has 0 aromatic carbocycles. The van der Waals surface area contributed by atoms with Crippen LogP contribution in [-0.2, 0) is 6.54 Å². The minimum atomic E-state index is -0.0312. The summed E-state index contributed by atoms with van der Waals surface area (Å²) in [7, 11) is 0. The van der Waals surface area contributed by atoms with Gasteiger partial charge in [0.1, 0.15) is 17.7 Å². The Morgan fingerprint density at radius 3 is 3.08 bits per heavy atom. The molecule has 1 aliphatic rings. The zero-order valence-corrected chi connectivity index (χ0v) is 14.6. The van der Waals surface area contributed by atoms with Crippen molar-refractivity contribution < 1.29 is 4.79 Å². The molecule has 0 radical (unpaired) electrons. The first-order chi connectivity index (χ1) is 12.7. The van der Waals surface area contributed by atoms with Crippen molar-refractivity contribution >= 4 is 5.91 Å². The lowest BCUT2D eigenvalue weighted by Gasteiger charge is -2.36. The summed E-state index contributed by atoms with van der Waals surface area (Å²) in [6.45, 7) is 3.60. The van der Waals surface area contributed by atoms with E-state index in [1.807, 2.05) is 24.2 Å². The number of likely N-dealkylation sites (tertiary alicyclic amines) is 1. The average Bonchev–Trinajstić information content (AvgIpc) is 3.41. The van der Waals surface area contributed by atoms with Gasteiger partial charge in [-0.2, -0.15) is 9.78 Å². The molecule has 0 aliphatic carbocycles. The van der Waals surface area contributed by atoms with E-state index in [0.29, 0.717) is 11.4 Å². The largest absolute Gasteiger partial charge is 0.335 e. The van der Waals surface area contributed by atoms with E-state index in [4.69, 9.17) is 0 Å². The number of imidazole rings is 1. The van der Waals surface area contributed by atoms with Crippen molar-refractivity contribution in [3.63, 3.8) is 0 Å². The molecule has 1 N–H and O–H groups in total. The van der Waals surface area contributed by atoms with E-state index in [-0.39, 0.29) is 11.9 Å². The monoisotopic (exact) mass is 355 g/mol. The Labute approximate surface area is 150 Å². The Balaban J connectivity index is 1.52. The lowest BCUT2D eigenvalue weighted by molar-refractivity contribution is 0.0595. The molecule has 1 fully saturated rings. The van der Waals surface area contributed by atoms with Crippen LogP contribution in [0.3, 0.4) is 0 Å². The van der Waals surface area contributed by atoms with Crippen LogP contribution in [0.2, 0.25) is 0 Å². The van der Waals surface area contributed by atoms with Gasteiger partial charge in [0.05, 0.1) is 6.20 Å². The van der Waals surface area contributed by atoms with Gasteiger partial charge in [0.25, 0.3) is 5.91 Å². The van der Waals surface area contributed by atoms with Gasteiger partial charge in [0.2, 0.25) is 0 Å². The fourth-order valence-corrected chi connectivity index (χ4v) is 3.53. The first-order valence-electron chi connectivity index (χ1n) is 8.79. The van der Waals surface area contributed by atoms with Crippen molar-refractivity contribution in [2.75, 3.05) is 6.54 Å². The molecule has 3 aromatic rings. The van der Waals surface area contributed by atoms with Crippen molar-refractivity contribution in [1.29, 1.82) is 0 Å². The van der Waals surface area contributed by atoms with Crippen LogP contribution in [0, 0.1) is 6.92 Å². The van der Waals surface area contributed by atoms with Gasteiger partial charge < -0.3 is 9.47 Å². The van der Waals surface area contributed by atoms with Crippen molar-refractivity contribution in [3.8, 4) is 5.82 Å². The van der Waals surface area contributed by atoms with Gasteiger partial charge in [-0.15, -0.1) is 5.10 Å². The van der Waals surface area contributed by atoms with Crippen LogP contribution >= 0.6 is 0 Å². The molecule has 0 saturated carbocycles. The number of aryl methyl sites for hydroxylation is 2. The highest BCUT2D eigenvalue weighted by Crippen LogP contribution is 2.24. The van der Waals surface area contributed by atoms with Gasteiger partial charge in [-0.25, -0.2) is 4.98 Å². The number of carbonyl (C=O) groups is 1. The molecule has 10 heteroatoms. The third kappa shape index (κ3) is 3.09. The smallest absolute Gasteiger partial charge is 0.259 e. The Kier molecular flexibility index (Phi) is 4.46.